The van der Waals surface area contributed by atoms with Crippen molar-refractivity contribution >= 4 is 16.8 Å². The van der Waals surface area contributed by atoms with Crippen LogP contribution in [-0.4, -0.2) is 28.4 Å². The molecule has 0 bridgehead atoms. The molecular formula is C19H16F3N3O4. The Hall–Kier alpha value is -3.56. The van der Waals surface area contributed by atoms with Gasteiger partial charge in [-0.15, -0.1) is 13.2 Å². The van der Waals surface area contributed by atoms with E-state index in [2.05, 4.69) is 15.0 Å². The smallest absolute Gasteiger partial charge is 0.406 e. The van der Waals surface area contributed by atoms with Gasteiger partial charge in [0.1, 0.15) is 12.3 Å². The largest absolute Gasteiger partial charge is 0.573 e. The van der Waals surface area contributed by atoms with E-state index in [-0.39, 0.29) is 12.3 Å². The molecular weight excluding hydrogens is 391 g/mol. The van der Waals surface area contributed by atoms with Crippen molar-refractivity contribution in [3.05, 3.63) is 74.9 Å². The molecule has 1 aromatic heterocycles. The van der Waals surface area contributed by atoms with E-state index >= 15 is 0 Å². The van der Waals surface area contributed by atoms with Crippen LogP contribution in [0.5, 0.6) is 5.75 Å². The number of fused-ring (bicyclic) bond motifs is 1. The molecule has 29 heavy (non-hydrogen) atoms. The number of hydrogen-bond donors (Lipinski definition) is 2. The first-order valence-electron chi connectivity index (χ1n) is 8.56. The number of carbonyl (C=O) groups is 1. The lowest BCUT2D eigenvalue weighted by molar-refractivity contribution is -0.274. The van der Waals surface area contributed by atoms with E-state index in [1.54, 1.807) is 24.3 Å². The third-order valence-electron chi connectivity index (χ3n) is 4.08. The first-order chi connectivity index (χ1) is 13.7. The third-order valence-corrected chi connectivity index (χ3v) is 4.08. The van der Waals surface area contributed by atoms with E-state index in [4.69, 9.17) is 0 Å². The second-order valence-corrected chi connectivity index (χ2v) is 6.16. The molecule has 0 atom stereocenters. The predicted octanol–water partition coefficient (Wildman–Crippen LogP) is 1.95. The molecule has 0 aliphatic heterocycles. The van der Waals surface area contributed by atoms with Crippen LogP contribution in [0.25, 0.3) is 10.9 Å². The molecule has 0 aliphatic rings. The molecule has 152 valence electrons. The molecule has 0 aliphatic carbocycles. The quantitative estimate of drug-likeness (QED) is 0.653. The number of nitrogens with zero attached hydrogens (tertiary/aromatic N) is 1. The summed E-state index contributed by atoms with van der Waals surface area (Å²) in [6.45, 7) is -0.268. The summed E-state index contributed by atoms with van der Waals surface area (Å²) >= 11 is 0. The van der Waals surface area contributed by atoms with Crippen molar-refractivity contribution in [3.8, 4) is 5.75 Å². The Labute approximate surface area is 161 Å². The van der Waals surface area contributed by atoms with Gasteiger partial charge in [0.2, 0.25) is 5.91 Å². The molecule has 7 nitrogen and oxygen atoms in total. The SMILES string of the molecule is O=C(Cn1c(=O)[nH]c2ccccc2c1=O)NCCc1ccc(OC(F)(F)F)cc1. The summed E-state index contributed by atoms with van der Waals surface area (Å²) in [5, 5.41) is 2.86. The van der Waals surface area contributed by atoms with Crippen molar-refractivity contribution in [1.82, 2.24) is 14.9 Å². The van der Waals surface area contributed by atoms with Crippen LogP contribution in [0, 0.1) is 0 Å². The highest BCUT2D eigenvalue weighted by Crippen LogP contribution is 2.22. The maximum absolute atomic E-state index is 12.4. The maximum Gasteiger partial charge on any atom is 0.573 e. The highest BCUT2D eigenvalue weighted by atomic mass is 19.4. The van der Waals surface area contributed by atoms with Crippen LogP contribution in [0.4, 0.5) is 13.2 Å². The Morgan fingerprint density at radius 3 is 2.45 bits per heavy atom. The number of amides is 1. The van der Waals surface area contributed by atoms with Crippen molar-refractivity contribution in [2.75, 3.05) is 6.54 Å². The minimum absolute atomic E-state index is 0.179. The summed E-state index contributed by atoms with van der Waals surface area (Å²) in [7, 11) is 0. The number of alkyl halides is 3. The summed E-state index contributed by atoms with van der Waals surface area (Å²) in [6, 6.07) is 11.7. The number of H-pyrrole nitrogens is 1. The van der Waals surface area contributed by atoms with Crippen LogP contribution in [0.15, 0.2) is 58.1 Å². The van der Waals surface area contributed by atoms with Crippen LogP contribution in [0.2, 0.25) is 0 Å². The van der Waals surface area contributed by atoms with Gasteiger partial charge in [-0.05, 0) is 36.2 Å². The number of rotatable bonds is 6. The Morgan fingerprint density at radius 1 is 1.07 bits per heavy atom. The molecule has 1 amide bonds. The minimum atomic E-state index is -4.76. The van der Waals surface area contributed by atoms with Crippen LogP contribution in [0.3, 0.4) is 0 Å². The average molecular weight is 407 g/mol. The Bertz CT molecular complexity index is 1130. The first kappa shape index (κ1) is 20.2. The minimum Gasteiger partial charge on any atom is -0.406 e. The fraction of sp³-hybridized carbons (Fsp3) is 0.211. The average Bonchev–Trinajstić information content (AvgIpc) is 2.65. The number of aromatic amines is 1. The van der Waals surface area contributed by atoms with Crippen LogP contribution >= 0.6 is 0 Å². The monoisotopic (exact) mass is 407 g/mol. The van der Waals surface area contributed by atoms with E-state index < -0.39 is 30.1 Å². The lowest BCUT2D eigenvalue weighted by atomic mass is 10.1. The second-order valence-electron chi connectivity index (χ2n) is 6.16. The molecule has 0 saturated carbocycles. The van der Waals surface area contributed by atoms with Crippen LogP contribution in [0.1, 0.15) is 5.56 Å². The fourth-order valence-electron chi connectivity index (χ4n) is 2.75. The van der Waals surface area contributed by atoms with Gasteiger partial charge in [-0.3, -0.25) is 14.2 Å². The van der Waals surface area contributed by atoms with Crippen molar-refractivity contribution in [2.24, 2.45) is 0 Å². The third kappa shape index (κ3) is 5.24. The number of aromatic nitrogens is 2. The number of hydrogen-bond acceptors (Lipinski definition) is 4. The predicted molar refractivity (Wildman–Crippen MR) is 98.7 cm³/mol. The zero-order chi connectivity index (χ0) is 21.0. The number of carbonyl (C=O) groups excluding carboxylic acids is 1. The lowest BCUT2D eigenvalue weighted by Crippen LogP contribution is -2.41. The highest BCUT2D eigenvalue weighted by Gasteiger charge is 2.30. The van der Waals surface area contributed by atoms with Gasteiger partial charge in [0.15, 0.2) is 0 Å². The molecule has 0 saturated heterocycles. The normalized spacial score (nSPS) is 11.4. The van der Waals surface area contributed by atoms with E-state index in [0.29, 0.717) is 22.9 Å². The summed E-state index contributed by atoms with van der Waals surface area (Å²) in [5.41, 5.74) is -0.193. The fourth-order valence-corrected chi connectivity index (χ4v) is 2.75. The molecule has 0 radical (unpaired) electrons. The molecule has 2 aromatic carbocycles. The zero-order valence-corrected chi connectivity index (χ0v) is 15.0. The molecule has 3 rings (SSSR count). The van der Waals surface area contributed by atoms with Crippen molar-refractivity contribution < 1.29 is 22.7 Å². The van der Waals surface area contributed by atoms with Gasteiger partial charge in [-0.2, -0.15) is 0 Å². The van der Waals surface area contributed by atoms with E-state index in [1.807, 2.05) is 0 Å². The summed E-state index contributed by atoms with van der Waals surface area (Å²) in [5.74, 6) is -0.870. The molecule has 2 N–H and O–H groups in total. The number of benzene rings is 2. The molecule has 10 heteroatoms. The van der Waals surface area contributed by atoms with Gasteiger partial charge in [-0.1, -0.05) is 24.3 Å². The summed E-state index contributed by atoms with van der Waals surface area (Å²) < 4.78 is 41.0. The van der Waals surface area contributed by atoms with Gasteiger partial charge in [0.05, 0.1) is 10.9 Å². The van der Waals surface area contributed by atoms with Gasteiger partial charge < -0.3 is 15.0 Å². The highest BCUT2D eigenvalue weighted by molar-refractivity contribution is 5.78. The first-order valence-corrected chi connectivity index (χ1v) is 8.56. The Balaban J connectivity index is 1.58. The van der Waals surface area contributed by atoms with Crippen LogP contribution in [-0.2, 0) is 17.8 Å². The van der Waals surface area contributed by atoms with Gasteiger partial charge >= 0.3 is 12.1 Å². The summed E-state index contributed by atoms with van der Waals surface area (Å²) in [4.78, 5) is 39.1. The maximum atomic E-state index is 12.4. The van der Waals surface area contributed by atoms with E-state index in [0.717, 1.165) is 4.57 Å². The molecule has 0 unspecified atom stereocenters. The Morgan fingerprint density at radius 2 is 1.76 bits per heavy atom. The van der Waals surface area contributed by atoms with Crippen molar-refractivity contribution in [1.29, 1.82) is 0 Å². The molecule has 0 spiro atoms. The summed E-state index contributed by atoms with van der Waals surface area (Å²) in [6.07, 6.45) is -4.41. The van der Waals surface area contributed by atoms with Gasteiger partial charge in [-0.25, -0.2) is 4.79 Å². The number of ether oxygens (including phenoxy) is 1. The zero-order valence-electron chi connectivity index (χ0n) is 15.0. The second kappa shape index (κ2) is 8.21. The van der Waals surface area contributed by atoms with Gasteiger partial charge in [0.25, 0.3) is 5.56 Å². The van der Waals surface area contributed by atoms with Crippen molar-refractivity contribution in [2.45, 2.75) is 19.3 Å². The molecule has 1 heterocycles. The van der Waals surface area contributed by atoms with Crippen LogP contribution < -0.4 is 21.3 Å². The van der Waals surface area contributed by atoms with E-state index in [9.17, 15) is 27.6 Å². The molecule has 3 aromatic rings. The standard InChI is InChI=1S/C19H16F3N3O4/c20-19(21,22)29-13-7-5-12(6-8-13)9-10-23-16(26)11-25-17(27)14-3-1-2-4-15(14)24-18(25)28/h1-8H,9-11H2,(H,23,26)(H,24,28). The number of para-hydroxylation sites is 1. The number of nitrogens with one attached hydrogen (secondary N) is 2. The van der Waals surface area contributed by atoms with E-state index in [1.165, 1.54) is 24.3 Å². The molecule has 0 fully saturated rings. The van der Waals surface area contributed by atoms with Crippen molar-refractivity contribution in [3.63, 3.8) is 0 Å². The topological polar surface area (TPSA) is 93.2 Å². The lowest BCUT2D eigenvalue weighted by Gasteiger charge is -2.10. The van der Waals surface area contributed by atoms with Gasteiger partial charge in [0, 0.05) is 6.54 Å². The number of halogens is 3. The Kier molecular flexibility index (Phi) is 5.71.